The van der Waals surface area contributed by atoms with Gasteiger partial charge in [0.2, 0.25) is 0 Å². The second-order valence-electron chi connectivity index (χ2n) is 4.48. The number of nitrogens with zero attached hydrogens (tertiary/aromatic N) is 1. The monoisotopic (exact) mass is 254 g/mol. The van der Waals surface area contributed by atoms with Gasteiger partial charge in [0.25, 0.3) is 0 Å². The van der Waals surface area contributed by atoms with Crippen molar-refractivity contribution in [3.63, 3.8) is 0 Å². The van der Waals surface area contributed by atoms with Crippen LogP contribution in [0.15, 0.2) is 18.2 Å². The number of likely N-dealkylation sites (N-methyl/N-ethyl adjacent to an activating group) is 1. The van der Waals surface area contributed by atoms with E-state index >= 15 is 0 Å². The lowest BCUT2D eigenvalue weighted by Crippen LogP contribution is -2.19. The van der Waals surface area contributed by atoms with Crippen molar-refractivity contribution in [1.29, 1.82) is 0 Å². The van der Waals surface area contributed by atoms with Gasteiger partial charge in [-0.05, 0) is 37.6 Å². The Labute approximate surface area is 107 Å². The minimum absolute atomic E-state index is 0.495. The molecule has 0 saturated carbocycles. The lowest BCUT2D eigenvalue weighted by molar-refractivity contribution is 0.178. The van der Waals surface area contributed by atoms with E-state index in [-0.39, 0.29) is 0 Å². The molecular formula is C13H19ClN2O. The minimum atomic E-state index is -0.495. The number of hydrogen-bond acceptors (Lipinski definition) is 3. The summed E-state index contributed by atoms with van der Waals surface area (Å²) in [5, 5.41) is 13.6. The predicted octanol–water partition coefficient (Wildman–Crippen LogP) is 2.19. The fraction of sp³-hybridized carbons (Fsp3) is 0.538. The van der Waals surface area contributed by atoms with Crippen LogP contribution in [-0.2, 0) is 0 Å². The van der Waals surface area contributed by atoms with Crippen molar-refractivity contribution in [2.24, 2.45) is 0 Å². The van der Waals surface area contributed by atoms with Crippen LogP contribution in [0.2, 0.25) is 5.02 Å². The average molecular weight is 255 g/mol. The van der Waals surface area contributed by atoms with Gasteiger partial charge in [-0.15, -0.1) is 0 Å². The van der Waals surface area contributed by atoms with Crippen molar-refractivity contribution in [3.05, 3.63) is 28.8 Å². The molecule has 3 nitrogen and oxygen atoms in total. The number of aliphatic hydroxyl groups excluding tert-OH is 1. The van der Waals surface area contributed by atoms with E-state index in [0.29, 0.717) is 6.54 Å². The number of aliphatic hydroxyl groups is 1. The summed E-state index contributed by atoms with van der Waals surface area (Å²) < 4.78 is 0. The second-order valence-corrected chi connectivity index (χ2v) is 4.89. The molecule has 4 heteroatoms. The second kappa shape index (κ2) is 5.71. The highest BCUT2D eigenvalue weighted by Gasteiger charge is 2.16. The minimum Gasteiger partial charge on any atom is -0.387 e. The summed E-state index contributed by atoms with van der Waals surface area (Å²) in [4.78, 5) is 2.30. The third-order valence-electron chi connectivity index (χ3n) is 3.20. The van der Waals surface area contributed by atoms with Crippen LogP contribution in [0.3, 0.4) is 0 Å². The maximum absolute atomic E-state index is 9.87. The number of nitrogens with one attached hydrogen (secondary N) is 1. The first-order chi connectivity index (χ1) is 8.22. The molecule has 2 N–H and O–H groups in total. The largest absolute Gasteiger partial charge is 0.387 e. The van der Waals surface area contributed by atoms with Crippen LogP contribution in [-0.4, -0.2) is 31.8 Å². The van der Waals surface area contributed by atoms with E-state index in [9.17, 15) is 5.11 Å². The summed E-state index contributed by atoms with van der Waals surface area (Å²) in [7, 11) is 1.82. The van der Waals surface area contributed by atoms with Gasteiger partial charge in [0.1, 0.15) is 0 Å². The summed E-state index contributed by atoms with van der Waals surface area (Å²) in [6, 6.07) is 5.85. The Hall–Kier alpha value is -0.770. The van der Waals surface area contributed by atoms with Crippen molar-refractivity contribution in [2.75, 3.05) is 31.6 Å². The molecule has 1 atom stereocenters. The molecule has 0 aromatic heterocycles. The van der Waals surface area contributed by atoms with E-state index in [4.69, 9.17) is 11.6 Å². The van der Waals surface area contributed by atoms with Crippen LogP contribution < -0.4 is 10.2 Å². The Balaban J connectivity index is 2.16. The lowest BCUT2D eigenvalue weighted by Gasteiger charge is -2.20. The molecule has 0 radical (unpaired) electrons. The molecule has 1 heterocycles. The molecule has 1 aliphatic rings. The number of halogens is 1. The molecule has 0 aliphatic carbocycles. The smallest absolute Gasteiger partial charge is 0.0914 e. The standard InChI is InChI=1S/C13H19ClN2O/c1-15-9-13(17)10-4-5-12(11(14)8-10)16-6-2-3-7-16/h4-5,8,13,15,17H,2-3,6-7,9H2,1H3. The number of anilines is 1. The zero-order valence-corrected chi connectivity index (χ0v) is 10.9. The Morgan fingerprint density at radius 3 is 2.71 bits per heavy atom. The molecule has 0 bridgehead atoms. The van der Waals surface area contributed by atoms with Gasteiger partial charge in [-0.25, -0.2) is 0 Å². The van der Waals surface area contributed by atoms with Crippen LogP contribution in [0.25, 0.3) is 0 Å². The van der Waals surface area contributed by atoms with Crippen molar-refractivity contribution in [3.8, 4) is 0 Å². The maximum Gasteiger partial charge on any atom is 0.0914 e. The Morgan fingerprint density at radius 2 is 2.12 bits per heavy atom. The van der Waals surface area contributed by atoms with Crippen LogP contribution in [0.5, 0.6) is 0 Å². The molecule has 1 aliphatic heterocycles. The van der Waals surface area contributed by atoms with Crippen molar-refractivity contribution >= 4 is 17.3 Å². The van der Waals surface area contributed by atoms with Gasteiger partial charge < -0.3 is 15.3 Å². The quantitative estimate of drug-likeness (QED) is 0.865. The molecule has 0 spiro atoms. The van der Waals surface area contributed by atoms with E-state index in [1.54, 1.807) is 0 Å². The topological polar surface area (TPSA) is 35.5 Å². The fourth-order valence-corrected chi connectivity index (χ4v) is 2.56. The summed E-state index contributed by atoms with van der Waals surface area (Å²) >= 11 is 6.28. The van der Waals surface area contributed by atoms with Crippen LogP contribution in [0.4, 0.5) is 5.69 Å². The number of rotatable bonds is 4. The first kappa shape index (κ1) is 12.7. The van der Waals surface area contributed by atoms with E-state index < -0.39 is 6.10 Å². The van der Waals surface area contributed by atoms with Gasteiger partial charge >= 0.3 is 0 Å². The Bertz CT molecular complexity index is 378. The van der Waals surface area contributed by atoms with E-state index in [1.807, 2.05) is 25.2 Å². The molecular weight excluding hydrogens is 236 g/mol. The SMILES string of the molecule is CNCC(O)c1ccc(N2CCCC2)c(Cl)c1. The third-order valence-corrected chi connectivity index (χ3v) is 3.50. The average Bonchev–Trinajstić information content (AvgIpc) is 2.82. The fourth-order valence-electron chi connectivity index (χ4n) is 2.26. The van der Waals surface area contributed by atoms with Crippen LogP contribution in [0, 0.1) is 0 Å². The Morgan fingerprint density at radius 1 is 1.41 bits per heavy atom. The highest BCUT2D eigenvalue weighted by Crippen LogP contribution is 2.31. The maximum atomic E-state index is 9.87. The lowest BCUT2D eigenvalue weighted by atomic mass is 10.1. The van der Waals surface area contributed by atoms with Gasteiger partial charge in [0.05, 0.1) is 16.8 Å². The van der Waals surface area contributed by atoms with Crippen LogP contribution in [0.1, 0.15) is 24.5 Å². The molecule has 1 aromatic rings. The van der Waals surface area contributed by atoms with E-state index in [0.717, 1.165) is 29.4 Å². The normalized spacial score (nSPS) is 17.5. The van der Waals surface area contributed by atoms with Crippen molar-refractivity contribution < 1.29 is 5.11 Å². The summed E-state index contributed by atoms with van der Waals surface area (Å²) in [6.45, 7) is 2.70. The van der Waals surface area contributed by atoms with E-state index in [1.165, 1.54) is 12.8 Å². The molecule has 1 fully saturated rings. The van der Waals surface area contributed by atoms with Gasteiger partial charge in [-0.1, -0.05) is 17.7 Å². The highest BCUT2D eigenvalue weighted by molar-refractivity contribution is 6.33. The van der Waals surface area contributed by atoms with Crippen molar-refractivity contribution in [2.45, 2.75) is 18.9 Å². The molecule has 1 saturated heterocycles. The number of benzene rings is 1. The molecule has 2 rings (SSSR count). The zero-order valence-electron chi connectivity index (χ0n) is 10.1. The molecule has 1 aromatic carbocycles. The Kier molecular flexibility index (Phi) is 4.26. The molecule has 17 heavy (non-hydrogen) atoms. The molecule has 1 unspecified atom stereocenters. The highest BCUT2D eigenvalue weighted by atomic mass is 35.5. The summed E-state index contributed by atoms with van der Waals surface area (Å²) in [5.41, 5.74) is 1.96. The van der Waals surface area contributed by atoms with E-state index in [2.05, 4.69) is 10.2 Å². The predicted molar refractivity (Wildman–Crippen MR) is 71.8 cm³/mol. The molecule has 0 amide bonds. The van der Waals surface area contributed by atoms with Crippen molar-refractivity contribution in [1.82, 2.24) is 5.32 Å². The van der Waals surface area contributed by atoms with Gasteiger partial charge in [-0.3, -0.25) is 0 Å². The van der Waals surface area contributed by atoms with Crippen LogP contribution >= 0.6 is 11.6 Å². The zero-order chi connectivity index (χ0) is 12.3. The number of hydrogen-bond donors (Lipinski definition) is 2. The molecule has 94 valence electrons. The van der Waals surface area contributed by atoms with Gasteiger partial charge in [-0.2, -0.15) is 0 Å². The first-order valence-corrected chi connectivity index (χ1v) is 6.47. The summed E-state index contributed by atoms with van der Waals surface area (Å²) in [5.74, 6) is 0. The third kappa shape index (κ3) is 2.92. The van der Waals surface area contributed by atoms with Gasteiger partial charge in [0.15, 0.2) is 0 Å². The summed E-state index contributed by atoms with van der Waals surface area (Å²) in [6.07, 6.45) is 1.98. The first-order valence-electron chi connectivity index (χ1n) is 6.09. The van der Waals surface area contributed by atoms with Gasteiger partial charge in [0, 0.05) is 19.6 Å².